The lowest BCUT2D eigenvalue weighted by Gasteiger charge is -2.32. The van der Waals surface area contributed by atoms with Gasteiger partial charge in [0.25, 0.3) is 0 Å². The van der Waals surface area contributed by atoms with E-state index in [9.17, 15) is 15.1 Å². The number of amides is 1. The Hall–Kier alpha value is -2.20. The summed E-state index contributed by atoms with van der Waals surface area (Å²) < 4.78 is 0. The number of hydrogen-bond acceptors (Lipinski definition) is 6. The van der Waals surface area contributed by atoms with Crippen LogP contribution in [0.4, 0.5) is 0 Å². The van der Waals surface area contributed by atoms with Crippen LogP contribution in [0.1, 0.15) is 29.2 Å². The lowest BCUT2D eigenvalue weighted by molar-refractivity contribution is -1.11. The van der Waals surface area contributed by atoms with Gasteiger partial charge in [-0.25, -0.2) is 0 Å². The van der Waals surface area contributed by atoms with E-state index in [4.69, 9.17) is 4.89 Å². The number of aliphatic hydroxyl groups is 1. The molecule has 9 heteroatoms. The molecular formula is C22H28ClN3O5. The molecule has 2 aromatic carbocycles. The van der Waals surface area contributed by atoms with Crippen LogP contribution in [-0.2, 0) is 22.7 Å². The summed E-state index contributed by atoms with van der Waals surface area (Å²) in [5.74, 6) is 0.497. The molecule has 1 fully saturated rings. The molecule has 168 valence electrons. The summed E-state index contributed by atoms with van der Waals surface area (Å²) in [7, 11) is 1.82. The van der Waals surface area contributed by atoms with Crippen LogP contribution in [0.3, 0.4) is 0 Å². The van der Waals surface area contributed by atoms with E-state index in [1.165, 1.54) is 0 Å². The Kier molecular flexibility index (Phi) is 7.88. The number of halogens is 1. The molecule has 31 heavy (non-hydrogen) atoms. The first-order valence-electron chi connectivity index (χ1n) is 10.2. The van der Waals surface area contributed by atoms with Crippen molar-refractivity contribution < 1.29 is 25.0 Å². The Balaban J connectivity index is 0.00000272. The second kappa shape index (κ2) is 10.4. The van der Waals surface area contributed by atoms with E-state index >= 15 is 0 Å². The van der Waals surface area contributed by atoms with Gasteiger partial charge in [-0.05, 0) is 29.7 Å². The van der Waals surface area contributed by atoms with Gasteiger partial charge < -0.3 is 15.2 Å². The number of aliphatic hydroxyl groups excluding tert-OH is 1. The molecular weight excluding hydrogens is 422 g/mol. The molecule has 0 aliphatic carbocycles. The lowest BCUT2D eigenvalue weighted by Crippen LogP contribution is -3.05. The average Bonchev–Trinajstić information content (AvgIpc) is 3.16. The van der Waals surface area contributed by atoms with Gasteiger partial charge in [0.1, 0.15) is 6.54 Å². The van der Waals surface area contributed by atoms with Crippen molar-refractivity contribution in [2.24, 2.45) is 0 Å². The number of benzene rings is 2. The zero-order valence-corrected chi connectivity index (χ0v) is 18.2. The molecule has 2 aliphatic rings. The first kappa shape index (κ1) is 23.5. The van der Waals surface area contributed by atoms with Crippen LogP contribution in [-0.4, -0.2) is 53.6 Å². The Bertz CT molecular complexity index is 885. The van der Waals surface area contributed by atoms with Gasteiger partial charge in [-0.2, -0.15) is 5.23 Å². The molecule has 2 aliphatic heterocycles. The van der Waals surface area contributed by atoms with Gasteiger partial charge in [-0.3, -0.25) is 14.6 Å². The van der Waals surface area contributed by atoms with E-state index in [0.717, 1.165) is 29.7 Å². The predicted molar refractivity (Wildman–Crippen MR) is 116 cm³/mol. The third kappa shape index (κ3) is 5.74. The number of nitrogens with zero attached hydrogens (tertiary/aromatic N) is 2. The van der Waals surface area contributed by atoms with Crippen molar-refractivity contribution in [2.75, 3.05) is 26.7 Å². The first-order valence-corrected chi connectivity index (χ1v) is 10.2. The second-order valence-electron chi connectivity index (χ2n) is 7.97. The number of likely N-dealkylation sites (tertiary alicyclic amines) is 1. The normalized spacial score (nSPS) is 21.5. The fraction of sp³-hybridized carbons (Fsp3) is 0.409. The number of carbonyl (C=O) groups is 1. The van der Waals surface area contributed by atoms with E-state index in [0.29, 0.717) is 18.8 Å². The van der Waals surface area contributed by atoms with E-state index in [1.54, 1.807) is 11.0 Å². The summed E-state index contributed by atoms with van der Waals surface area (Å²) >= 11 is 0. The predicted octanol–water partition coefficient (Wildman–Crippen LogP) is 1.04. The van der Waals surface area contributed by atoms with Crippen molar-refractivity contribution >= 4 is 18.3 Å². The summed E-state index contributed by atoms with van der Waals surface area (Å²) in [6, 6.07) is 15.2. The van der Waals surface area contributed by atoms with Crippen molar-refractivity contribution in [1.82, 2.24) is 9.80 Å². The topological polar surface area (TPSA) is 89.7 Å². The third-order valence-electron chi connectivity index (χ3n) is 5.76. The second-order valence-corrected chi connectivity index (χ2v) is 7.97. The number of carbonyl (C=O) groups excluding carboxylic acids is 1. The Labute approximate surface area is 187 Å². The summed E-state index contributed by atoms with van der Waals surface area (Å²) in [6.07, 6.45) is 0.690. The SMILES string of the molecule is CN(C(=O)Cc1ccc2c(c1)C[NH+]([O-])OO2)[C@H](CN1CC[C@H](O)C1)c1ccccc1.Cl. The summed E-state index contributed by atoms with van der Waals surface area (Å²) in [5, 5.41) is 20.9. The van der Waals surface area contributed by atoms with Crippen LogP contribution < -0.4 is 10.1 Å². The summed E-state index contributed by atoms with van der Waals surface area (Å²) in [4.78, 5) is 26.6. The number of nitrogens with one attached hydrogen (secondary N) is 1. The van der Waals surface area contributed by atoms with Crippen LogP contribution in [0, 0.1) is 5.21 Å². The molecule has 2 aromatic rings. The van der Waals surface area contributed by atoms with Gasteiger partial charge in [-0.1, -0.05) is 36.4 Å². The van der Waals surface area contributed by atoms with Crippen molar-refractivity contribution in [1.29, 1.82) is 0 Å². The molecule has 0 saturated carbocycles. The number of likely N-dealkylation sites (N-methyl/N-ethyl adjacent to an activating group) is 1. The maximum atomic E-state index is 13.1. The standard InChI is InChI=1S/C22H27N3O5.ClH/c1-23(20(17-5-3-2-4-6-17)15-24-10-9-19(26)14-24)22(27)12-16-7-8-21-18(11-16)13-25(28)30-29-21;/h2-8,11,19-20,25-26H,9-10,12-15H2,1H3;1H/t19-,20+;/m0./s1. The molecule has 1 saturated heterocycles. The largest absolute Gasteiger partial charge is 0.597 e. The number of fused-ring (bicyclic) bond motifs is 1. The highest BCUT2D eigenvalue weighted by molar-refractivity contribution is 5.85. The molecule has 0 radical (unpaired) electrons. The molecule has 0 bridgehead atoms. The van der Waals surface area contributed by atoms with Crippen LogP contribution in [0.15, 0.2) is 48.5 Å². The first-order chi connectivity index (χ1) is 14.5. The van der Waals surface area contributed by atoms with Crippen molar-refractivity contribution in [2.45, 2.75) is 31.5 Å². The zero-order valence-electron chi connectivity index (χ0n) is 17.4. The monoisotopic (exact) mass is 449 g/mol. The highest BCUT2D eigenvalue weighted by Crippen LogP contribution is 2.25. The molecule has 2 N–H and O–H groups in total. The summed E-state index contributed by atoms with van der Waals surface area (Å²) in [5.41, 5.74) is 2.62. The van der Waals surface area contributed by atoms with Gasteiger partial charge in [0.2, 0.25) is 5.91 Å². The quantitative estimate of drug-likeness (QED) is 0.506. The summed E-state index contributed by atoms with van der Waals surface area (Å²) in [6.45, 7) is 2.27. The van der Waals surface area contributed by atoms with Gasteiger partial charge in [0, 0.05) is 31.7 Å². The van der Waals surface area contributed by atoms with Crippen LogP contribution in [0.5, 0.6) is 5.75 Å². The minimum Gasteiger partial charge on any atom is -0.597 e. The molecule has 3 atom stereocenters. The number of hydroxylamine groups is 2. The molecule has 2 heterocycles. The fourth-order valence-electron chi connectivity index (χ4n) is 4.06. The maximum absolute atomic E-state index is 13.1. The van der Waals surface area contributed by atoms with Crippen molar-refractivity contribution in [3.05, 3.63) is 70.4 Å². The maximum Gasteiger partial charge on any atom is 0.227 e. The lowest BCUT2D eigenvalue weighted by atomic mass is 10.0. The zero-order chi connectivity index (χ0) is 21.1. The number of quaternary nitrogens is 1. The minimum atomic E-state index is -0.444. The minimum absolute atomic E-state index is 0. The average molecular weight is 450 g/mol. The van der Waals surface area contributed by atoms with Crippen LogP contribution in [0.2, 0.25) is 0 Å². The molecule has 1 unspecified atom stereocenters. The highest BCUT2D eigenvalue weighted by Gasteiger charge is 2.28. The number of β-amino-alcohol motifs (C(OH)–C–C–N with tert-alkyl or cyclic N) is 1. The third-order valence-corrected chi connectivity index (χ3v) is 5.76. The molecule has 8 nitrogen and oxygen atoms in total. The Morgan fingerprint density at radius 3 is 2.81 bits per heavy atom. The van der Waals surface area contributed by atoms with Crippen LogP contribution >= 0.6 is 12.4 Å². The van der Waals surface area contributed by atoms with E-state index in [2.05, 4.69) is 9.89 Å². The Morgan fingerprint density at radius 1 is 1.32 bits per heavy atom. The van der Waals surface area contributed by atoms with E-state index < -0.39 is 5.23 Å². The van der Waals surface area contributed by atoms with E-state index in [-0.39, 0.29) is 43.4 Å². The fourth-order valence-corrected chi connectivity index (χ4v) is 4.06. The smallest absolute Gasteiger partial charge is 0.227 e. The van der Waals surface area contributed by atoms with Crippen molar-refractivity contribution in [3.8, 4) is 5.75 Å². The molecule has 4 rings (SSSR count). The van der Waals surface area contributed by atoms with Gasteiger partial charge in [0.15, 0.2) is 5.75 Å². The van der Waals surface area contributed by atoms with E-state index in [1.807, 2.05) is 49.5 Å². The molecule has 0 spiro atoms. The van der Waals surface area contributed by atoms with Crippen molar-refractivity contribution in [3.63, 3.8) is 0 Å². The van der Waals surface area contributed by atoms with Gasteiger partial charge >= 0.3 is 0 Å². The highest BCUT2D eigenvalue weighted by atomic mass is 35.5. The van der Waals surface area contributed by atoms with Gasteiger partial charge in [-0.15, -0.1) is 12.4 Å². The Morgan fingerprint density at radius 2 is 2.10 bits per heavy atom. The van der Waals surface area contributed by atoms with Crippen LogP contribution in [0.25, 0.3) is 0 Å². The molecule has 0 aromatic heterocycles. The number of rotatable bonds is 6. The number of hydrogen-bond donors (Lipinski definition) is 2. The molecule has 1 amide bonds. The van der Waals surface area contributed by atoms with Gasteiger partial charge in [0.05, 0.1) is 24.1 Å².